The van der Waals surface area contributed by atoms with Crippen molar-refractivity contribution in [2.24, 2.45) is 7.05 Å². The number of carbonyl (C=O) groups excluding carboxylic acids is 1. The number of rotatable bonds is 5. The lowest BCUT2D eigenvalue weighted by Crippen LogP contribution is -2.29. The Morgan fingerprint density at radius 2 is 1.77 bits per heavy atom. The largest absolute Gasteiger partial charge is 0.371 e. The van der Waals surface area contributed by atoms with E-state index in [2.05, 4.69) is 10.00 Å². The molecule has 1 fully saturated rings. The fourth-order valence-corrected chi connectivity index (χ4v) is 3.92. The molecule has 1 aliphatic rings. The van der Waals surface area contributed by atoms with E-state index in [1.54, 1.807) is 30.3 Å². The Bertz CT molecular complexity index is 1160. The summed E-state index contributed by atoms with van der Waals surface area (Å²) in [5.41, 5.74) is 0.739. The number of aromatic amines is 1. The summed E-state index contributed by atoms with van der Waals surface area (Å²) in [5, 5.41) is 14.7. The average Bonchev–Trinajstić information content (AvgIpc) is 3.08. The third-order valence-electron chi connectivity index (χ3n) is 5.48. The molecule has 4 rings (SSSR count). The van der Waals surface area contributed by atoms with Crippen LogP contribution in [0.2, 0.25) is 0 Å². The Morgan fingerprint density at radius 3 is 2.43 bits per heavy atom. The molecule has 3 aromatic rings. The van der Waals surface area contributed by atoms with Crippen molar-refractivity contribution in [2.45, 2.75) is 19.3 Å². The van der Waals surface area contributed by atoms with Gasteiger partial charge in [-0.05, 0) is 31.4 Å². The highest BCUT2D eigenvalue weighted by molar-refractivity contribution is 6.14. The molecule has 1 aromatic heterocycles. The van der Waals surface area contributed by atoms with Gasteiger partial charge in [0, 0.05) is 37.5 Å². The summed E-state index contributed by atoms with van der Waals surface area (Å²) >= 11 is 0. The number of anilines is 1. The van der Waals surface area contributed by atoms with Crippen LogP contribution in [0.4, 0.5) is 11.4 Å². The van der Waals surface area contributed by atoms with E-state index >= 15 is 0 Å². The van der Waals surface area contributed by atoms with Crippen LogP contribution in [-0.4, -0.2) is 33.6 Å². The molecule has 1 N–H and O–H groups in total. The van der Waals surface area contributed by atoms with Crippen LogP contribution in [0.5, 0.6) is 0 Å². The van der Waals surface area contributed by atoms with Gasteiger partial charge < -0.3 is 4.90 Å². The van der Waals surface area contributed by atoms with E-state index in [0.29, 0.717) is 11.3 Å². The maximum absolute atomic E-state index is 13.3. The molecule has 1 saturated heterocycles. The molecule has 0 unspecified atom stereocenters. The van der Waals surface area contributed by atoms with E-state index in [-0.39, 0.29) is 16.8 Å². The maximum atomic E-state index is 13.3. The smallest absolute Gasteiger partial charge is 0.282 e. The van der Waals surface area contributed by atoms with Gasteiger partial charge in [-0.3, -0.25) is 29.5 Å². The number of aryl methyl sites for hydroxylation is 1. The molecule has 0 aliphatic carbocycles. The lowest BCUT2D eigenvalue weighted by Gasteiger charge is -2.28. The van der Waals surface area contributed by atoms with E-state index in [9.17, 15) is 19.7 Å². The van der Waals surface area contributed by atoms with E-state index in [4.69, 9.17) is 0 Å². The van der Waals surface area contributed by atoms with E-state index in [1.165, 1.54) is 23.9 Å². The van der Waals surface area contributed by atoms with Crippen LogP contribution >= 0.6 is 0 Å². The summed E-state index contributed by atoms with van der Waals surface area (Å²) in [7, 11) is 1.51. The Hall–Kier alpha value is -3.68. The van der Waals surface area contributed by atoms with Crippen molar-refractivity contribution in [3.05, 3.63) is 80.1 Å². The predicted molar refractivity (Wildman–Crippen MR) is 114 cm³/mol. The number of carbonyl (C=O) groups is 1. The Labute approximate surface area is 172 Å². The number of ketones is 1. The molecule has 0 radical (unpaired) electrons. The molecule has 0 atom stereocenters. The van der Waals surface area contributed by atoms with Gasteiger partial charge in [0.2, 0.25) is 5.78 Å². The molecule has 0 saturated carbocycles. The predicted octanol–water partition coefficient (Wildman–Crippen LogP) is 3.51. The zero-order chi connectivity index (χ0) is 21.3. The van der Waals surface area contributed by atoms with Crippen LogP contribution in [0.1, 0.15) is 35.2 Å². The monoisotopic (exact) mass is 406 g/mol. The fourth-order valence-electron chi connectivity index (χ4n) is 3.92. The number of hydrogen-bond donors (Lipinski definition) is 1. The van der Waals surface area contributed by atoms with Gasteiger partial charge in [0.05, 0.1) is 10.6 Å². The Balaban J connectivity index is 1.81. The zero-order valence-electron chi connectivity index (χ0n) is 16.6. The molecule has 2 heterocycles. The van der Waals surface area contributed by atoms with Crippen molar-refractivity contribution in [2.75, 3.05) is 18.0 Å². The molecule has 30 heavy (non-hydrogen) atoms. The molecule has 8 nitrogen and oxygen atoms in total. The van der Waals surface area contributed by atoms with Gasteiger partial charge in [-0.2, -0.15) is 0 Å². The van der Waals surface area contributed by atoms with Gasteiger partial charge in [-0.25, -0.2) is 0 Å². The maximum Gasteiger partial charge on any atom is 0.282 e. The highest BCUT2D eigenvalue weighted by Crippen LogP contribution is 2.30. The Kier molecular flexibility index (Phi) is 5.22. The molecule has 8 heteroatoms. The van der Waals surface area contributed by atoms with Gasteiger partial charge in [-0.15, -0.1) is 0 Å². The number of hydrogen-bond acceptors (Lipinski definition) is 5. The SMILES string of the molecule is Cn1[nH]c(-c2ccccc2)c(C(=O)c2ccc(N3CCCCC3)cc2[N+](=O)[O-])c1=O. The van der Waals surface area contributed by atoms with Gasteiger partial charge >= 0.3 is 0 Å². The minimum atomic E-state index is -0.660. The molecule has 1 aliphatic heterocycles. The van der Waals surface area contributed by atoms with Crippen molar-refractivity contribution in [3.63, 3.8) is 0 Å². The number of aromatic nitrogens is 2. The second kappa shape index (κ2) is 7.98. The van der Waals surface area contributed by atoms with Crippen LogP contribution in [0.3, 0.4) is 0 Å². The summed E-state index contributed by atoms with van der Waals surface area (Å²) < 4.78 is 1.21. The summed E-state index contributed by atoms with van der Waals surface area (Å²) in [4.78, 5) is 39.4. The lowest BCUT2D eigenvalue weighted by molar-refractivity contribution is -0.385. The van der Waals surface area contributed by atoms with Crippen LogP contribution in [0, 0.1) is 10.1 Å². The fraction of sp³-hybridized carbons (Fsp3) is 0.273. The topological polar surface area (TPSA) is 101 Å². The highest BCUT2D eigenvalue weighted by Gasteiger charge is 2.29. The molecule has 0 amide bonds. The number of H-pyrrole nitrogens is 1. The standard InChI is InChI=1S/C22H22N4O4/c1-24-22(28)19(20(23-24)15-8-4-2-5-9-15)21(27)17-11-10-16(14-18(17)26(29)30)25-12-6-3-7-13-25/h2,4-5,8-11,14,23H,3,6-7,12-13H2,1H3. The van der Waals surface area contributed by atoms with Gasteiger partial charge in [0.25, 0.3) is 11.2 Å². The molecule has 154 valence electrons. The summed E-state index contributed by atoms with van der Waals surface area (Å²) in [5.74, 6) is -0.660. The summed E-state index contributed by atoms with van der Waals surface area (Å²) in [6, 6.07) is 13.6. The zero-order valence-corrected chi connectivity index (χ0v) is 16.6. The third-order valence-corrected chi connectivity index (χ3v) is 5.48. The normalized spacial score (nSPS) is 14.0. The second-order valence-electron chi connectivity index (χ2n) is 7.43. The van der Waals surface area contributed by atoms with Crippen molar-refractivity contribution in [1.29, 1.82) is 0 Å². The number of nitro groups is 1. The first-order valence-electron chi connectivity index (χ1n) is 9.90. The first kappa shape index (κ1) is 19.6. The molecule has 2 aromatic carbocycles. The van der Waals surface area contributed by atoms with Crippen molar-refractivity contribution >= 4 is 17.2 Å². The molecule has 0 bridgehead atoms. The molecular weight excluding hydrogens is 384 g/mol. The van der Waals surface area contributed by atoms with Gasteiger partial charge in [0.1, 0.15) is 11.1 Å². The molecule has 0 spiro atoms. The average molecular weight is 406 g/mol. The number of piperidine rings is 1. The lowest BCUT2D eigenvalue weighted by atomic mass is 9.98. The van der Waals surface area contributed by atoms with Gasteiger partial charge in [0.15, 0.2) is 0 Å². The minimum Gasteiger partial charge on any atom is -0.371 e. The Morgan fingerprint density at radius 1 is 1.07 bits per heavy atom. The third kappa shape index (κ3) is 3.52. The van der Waals surface area contributed by atoms with Crippen LogP contribution in [0.15, 0.2) is 53.3 Å². The number of nitrogens with one attached hydrogen (secondary N) is 1. The first-order chi connectivity index (χ1) is 14.5. The highest BCUT2D eigenvalue weighted by atomic mass is 16.6. The number of benzene rings is 2. The minimum absolute atomic E-state index is 0.0883. The number of nitro benzene ring substituents is 1. The van der Waals surface area contributed by atoms with E-state index in [1.807, 2.05) is 6.07 Å². The quantitative estimate of drug-likeness (QED) is 0.397. The van der Waals surface area contributed by atoms with Crippen LogP contribution in [0.25, 0.3) is 11.3 Å². The first-order valence-corrected chi connectivity index (χ1v) is 9.90. The molecular formula is C22H22N4O4. The van der Waals surface area contributed by atoms with E-state index < -0.39 is 16.3 Å². The summed E-state index contributed by atoms with van der Waals surface area (Å²) in [6.45, 7) is 1.67. The van der Waals surface area contributed by atoms with Crippen molar-refractivity contribution in [3.8, 4) is 11.3 Å². The second-order valence-corrected chi connectivity index (χ2v) is 7.43. The van der Waals surface area contributed by atoms with Crippen molar-refractivity contribution in [1.82, 2.24) is 9.78 Å². The number of nitrogens with zero attached hydrogens (tertiary/aromatic N) is 3. The van der Waals surface area contributed by atoms with Gasteiger partial charge in [-0.1, -0.05) is 30.3 Å². The summed E-state index contributed by atoms with van der Waals surface area (Å²) in [6.07, 6.45) is 3.22. The van der Waals surface area contributed by atoms with E-state index in [0.717, 1.165) is 38.0 Å². The van der Waals surface area contributed by atoms with Crippen LogP contribution in [-0.2, 0) is 7.05 Å². The van der Waals surface area contributed by atoms with Crippen molar-refractivity contribution < 1.29 is 9.72 Å². The van der Waals surface area contributed by atoms with Crippen LogP contribution < -0.4 is 10.5 Å².